The number of H-pyrrole nitrogens is 1. The molecule has 6 nitrogen and oxygen atoms in total. The van der Waals surface area contributed by atoms with Crippen LogP contribution in [0.25, 0.3) is 0 Å². The Morgan fingerprint density at radius 3 is 2.89 bits per heavy atom. The fourth-order valence-electron chi connectivity index (χ4n) is 1.56. The summed E-state index contributed by atoms with van der Waals surface area (Å²) in [7, 11) is -3.52. The van der Waals surface area contributed by atoms with Crippen molar-refractivity contribution < 1.29 is 8.42 Å². The standard InChI is InChI=1S/C10H13ClN4O2S2/c1-7-9(18-10(11)15-7)19(16,17)14-4-2-3-8-12-5-6-13-8/h5-6,14H,2-4H2,1H3,(H,12,13). The highest BCUT2D eigenvalue weighted by molar-refractivity contribution is 7.91. The third-order valence-electron chi connectivity index (χ3n) is 2.41. The lowest BCUT2D eigenvalue weighted by Crippen LogP contribution is -2.25. The molecule has 0 aliphatic rings. The molecule has 0 amide bonds. The molecule has 0 radical (unpaired) electrons. The molecule has 2 aromatic rings. The van der Waals surface area contributed by atoms with Crippen LogP contribution in [0.15, 0.2) is 16.6 Å². The van der Waals surface area contributed by atoms with Crippen molar-refractivity contribution in [1.29, 1.82) is 0 Å². The predicted octanol–water partition coefficient (Wildman–Crippen LogP) is 1.74. The monoisotopic (exact) mass is 320 g/mol. The molecular weight excluding hydrogens is 308 g/mol. The van der Waals surface area contributed by atoms with E-state index in [1.807, 2.05) is 0 Å². The Morgan fingerprint density at radius 1 is 1.53 bits per heavy atom. The summed E-state index contributed by atoms with van der Waals surface area (Å²) in [5.74, 6) is 0.844. The molecule has 0 saturated carbocycles. The van der Waals surface area contributed by atoms with Gasteiger partial charge in [-0.3, -0.25) is 0 Å². The summed E-state index contributed by atoms with van der Waals surface area (Å²) in [4.78, 5) is 10.9. The van der Waals surface area contributed by atoms with E-state index < -0.39 is 10.0 Å². The minimum atomic E-state index is -3.52. The van der Waals surface area contributed by atoms with E-state index in [0.29, 0.717) is 25.1 Å². The lowest BCUT2D eigenvalue weighted by Gasteiger charge is -2.04. The molecule has 0 spiro atoms. The van der Waals surface area contributed by atoms with Gasteiger partial charge < -0.3 is 4.98 Å². The molecule has 2 heterocycles. The normalized spacial score (nSPS) is 11.9. The predicted molar refractivity (Wildman–Crippen MR) is 74.0 cm³/mol. The van der Waals surface area contributed by atoms with Crippen molar-refractivity contribution in [2.75, 3.05) is 6.54 Å². The van der Waals surface area contributed by atoms with Gasteiger partial charge in [0.25, 0.3) is 10.0 Å². The molecule has 0 aliphatic carbocycles. The molecule has 9 heteroatoms. The van der Waals surface area contributed by atoms with Crippen LogP contribution in [-0.4, -0.2) is 29.9 Å². The number of rotatable bonds is 6. The van der Waals surface area contributed by atoms with Gasteiger partial charge in [-0.1, -0.05) is 22.9 Å². The molecule has 0 unspecified atom stereocenters. The summed E-state index contributed by atoms with van der Waals surface area (Å²) in [6.45, 7) is 1.97. The van der Waals surface area contributed by atoms with E-state index >= 15 is 0 Å². The maximum absolute atomic E-state index is 12.0. The van der Waals surface area contributed by atoms with Crippen LogP contribution in [0.2, 0.25) is 4.47 Å². The largest absolute Gasteiger partial charge is 0.349 e. The summed E-state index contributed by atoms with van der Waals surface area (Å²) in [6.07, 6.45) is 4.76. The third kappa shape index (κ3) is 3.75. The van der Waals surface area contributed by atoms with Crippen LogP contribution in [0.4, 0.5) is 0 Å². The molecule has 104 valence electrons. The number of aromatic nitrogens is 3. The first kappa shape index (κ1) is 14.4. The second-order valence-electron chi connectivity index (χ2n) is 3.88. The second-order valence-corrected chi connectivity index (χ2v) is 7.42. The molecule has 2 aromatic heterocycles. The van der Waals surface area contributed by atoms with Crippen LogP contribution in [0, 0.1) is 6.92 Å². The lowest BCUT2D eigenvalue weighted by atomic mass is 10.3. The second kappa shape index (κ2) is 6.00. The van der Waals surface area contributed by atoms with Crippen molar-refractivity contribution in [2.45, 2.75) is 24.0 Å². The van der Waals surface area contributed by atoms with Crippen molar-refractivity contribution in [3.05, 3.63) is 28.4 Å². The third-order valence-corrected chi connectivity index (χ3v) is 5.74. The average molecular weight is 321 g/mol. The van der Waals surface area contributed by atoms with Crippen molar-refractivity contribution in [3.8, 4) is 0 Å². The summed E-state index contributed by atoms with van der Waals surface area (Å²) in [5, 5.41) is 0. The summed E-state index contributed by atoms with van der Waals surface area (Å²) in [5.41, 5.74) is 0.425. The van der Waals surface area contributed by atoms with Crippen LogP contribution in [0.1, 0.15) is 17.9 Å². The Labute approximate surface area is 120 Å². The number of hydrogen-bond donors (Lipinski definition) is 2. The first-order chi connectivity index (χ1) is 8.99. The summed E-state index contributed by atoms with van der Waals surface area (Å²) < 4.78 is 27.0. The van der Waals surface area contributed by atoms with E-state index in [1.54, 1.807) is 19.3 Å². The van der Waals surface area contributed by atoms with Gasteiger partial charge in [-0.15, -0.1) is 0 Å². The minimum Gasteiger partial charge on any atom is -0.349 e. The van der Waals surface area contributed by atoms with Crippen LogP contribution in [-0.2, 0) is 16.4 Å². The summed E-state index contributed by atoms with van der Waals surface area (Å²) in [6, 6.07) is 0. The number of aryl methyl sites for hydroxylation is 2. The van der Waals surface area contributed by atoms with Crippen molar-refractivity contribution in [2.24, 2.45) is 0 Å². The molecule has 2 rings (SSSR count). The molecular formula is C10H13ClN4O2S2. The number of thiazole rings is 1. The molecule has 0 saturated heterocycles. The van der Waals surface area contributed by atoms with E-state index in [1.165, 1.54) is 0 Å². The Hall–Kier alpha value is -0.960. The van der Waals surface area contributed by atoms with Crippen molar-refractivity contribution in [1.82, 2.24) is 19.7 Å². The quantitative estimate of drug-likeness (QED) is 0.794. The van der Waals surface area contributed by atoms with Crippen molar-refractivity contribution >= 4 is 33.0 Å². The fraction of sp³-hybridized carbons (Fsp3) is 0.400. The van der Waals surface area contributed by atoms with Gasteiger partial charge in [0.15, 0.2) is 8.68 Å². The molecule has 2 N–H and O–H groups in total. The summed E-state index contributed by atoms with van der Waals surface area (Å²) >= 11 is 6.67. The van der Waals surface area contributed by atoms with Crippen molar-refractivity contribution in [3.63, 3.8) is 0 Å². The topological polar surface area (TPSA) is 87.7 Å². The minimum absolute atomic E-state index is 0.176. The van der Waals surface area contributed by atoms with Gasteiger partial charge in [0.2, 0.25) is 0 Å². The van der Waals surface area contributed by atoms with Crippen LogP contribution >= 0.6 is 22.9 Å². The number of sulfonamides is 1. The maximum Gasteiger partial charge on any atom is 0.251 e. The number of nitrogens with zero attached hydrogens (tertiary/aromatic N) is 2. The zero-order valence-electron chi connectivity index (χ0n) is 10.2. The van der Waals surface area contributed by atoms with E-state index in [-0.39, 0.29) is 8.68 Å². The van der Waals surface area contributed by atoms with E-state index in [0.717, 1.165) is 17.2 Å². The van der Waals surface area contributed by atoms with E-state index in [2.05, 4.69) is 19.7 Å². The zero-order chi connectivity index (χ0) is 13.9. The Kier molecular flexibility index (Phi) is 4.56. The Bertz CT molecular complexity index is 637. The number of imidazole rings is 1. The highest BCUT2D eigenvalue weighted by atomic mass is 35.5. The molecule has 0 atom stereocenters. The maximum atomic E-state index is 12.0. The number of halogens is 1. The Balaban J connectivity index is 1.89. The first-order valence-electron chi connectivity index (χ1n) is 5.60. The van der Waals surface area contributed by atoms with Crippen LogP contribution in [0.3, 0.4) is 0 Å². The molecule has 19 heavy (non-hydrogen) atoms. The SMILES string of the molecule is Cc1nc(Cl)sc1S(=O)(=O)NCCCc1ncc[nH]1. The van der Waals surface area contributed by atoms with Gasteiger partial charge in [0, 0.05) is 25.4 Å². The van der Waals surface area contributed by atoms with Gasteiger partial charge in [0.1, 0.15) is 5.82 Å². The fourth-order valence-corrected chi connectivity index (χ4v) is 4.42. The molecule has 0 bridgehead atoms. The van der Waals surface area contributed by atoms with Crippen LogP contribution < -0.4 is 4.72 Å². The van der Waals surface area contributed by atoms with E-state index in [4.69, 9.17) is 11.6 Å². The highest BCUT2D eigenvalue weighted by Crippen LogP contribution is 2.26. The number of aromatic amines is 1. The van der Waals surface area contributed by atoms with Gasteiger partial charge in [-0.2, -0.15) is 0 Å². The average Bonchev–Trinajstić information content (AvgIpc) is 2.94. The molecule has 0 fully saturated rings. The van der Waals surface area contributed by atoms with Gasteiger partial charge in [0.05, 0.1) is 5.69 Å². The zero-order valence-corrected chi connectivity index (χ0v) is 12.6. The molecule has 0 aliphatic heterocycles. The van der Waals surface area contributed by atoms with Gasteiger partial charge >= 0.3 is 0 Å². The Morgan fingerprint density at radius 2 is 2.32 bits per heavy atom. The number of hydrogen-bond acceptors (Lipinski definition) is 5. The van der Waals surface area contributed by atoms with E-state index in [9.17, 15) is 8.42 Å². The lowest BCUT2D eigenvalue weighted by molar-refractivity contribution is 0.579. The smallest absolute Gasteiger partial charge is 0.251 e. The number of nitrogens with one attached hydrogen (secondary N) is 2. The highest BCUT2D eigenvalue weighted by Gasteiger charge is 2.20. The van der Waals surface area contributed by atoms with Crippen LogP contribution in [0.5, 0.6) is 0 Å². The first-order valence-corrected chi connectivity index (χ1v) is 8.27. The van der Waals surface area contributed by atoms with Gasteiger partial charge in [-0.05, 0) is 13.3 Å². The van der Waals surface area contributed by atoms with Gasteiger partial charge in [-0.25, -0.2) is 23.1 Å². The molecule has 0 aromatic carbocycles.